The Morgan fingerprint density at radius 1 is 0.204 bits per heavy atom. The Morgan fingerprint density at radius 3 is 1.03 bits per heavy atom. The Kier molecular flexibility index (Phi) is 20.4. The topological polar surface area (TPSA) is 69.8 Å². The molecule has 8 heteroatoms. The minimum Gasteiger partial charge on any atom is -0.456 e. The van der Waals surface area contributed by atoms with Crippen LogP contribution in [0, 0.1) is 0 Å². The lowest BCUT2D eigenvalue weighted by Crippen LogP contribution is -2.26. The first-order valence-corrected chi connectivity index (χ1v) is 50.5. The lowest BCUT2D eigenvalue weighted by molar-refractivity contribution is 0.660. The summed E-state index contributed by atoms with van der Waals surface area (Å²) >= 11 is 0. The largest absolute Gasteiger partial charge is 0.456 e. The van der Waals surface area contributed by atoms with Crippen molar-refractivity contribution in [3.63, 3.8) is 0 Å². The SMILES string of the molecule is CC1(C)c2ccccc2-c2ccc(N(c3ccc(-c4ccccc4)cc3)c3cccc4c3-c3ccccc3C43c4ccccc4-c4ccccc43)cc21.c1ccc(-c2ccc(-n3c4ccccc4c4cc(-c5ccc6c(c5)c5ccccc5n6-c5ccccc5)ccc43)cc2)cc1.c1ccc(-c2nc(-c3ccccc3)nc(-c3cccc4oc5ccc(-c6ccc7c(c6)c6ccccc6n7-c6ccccc6)cc5c34)n2)cc1. The molecule has 0 aliphatic heterocycles. The van der Waals surface area contributed by atoms with Crippen molar-refractivity contribution in [2.24, 2.45) is 0 Å². The molecule has 22 aromatic carbocycles. The van der Waals surface area contributed by atoms with E-state index in [1.807, 2.05) is 72.8 Å². The number of rotatable bonds is 13. The van der Waals surface area contributed by atoms with Crippen molar-refractivity contribution in [1.29, 1.82) is 0 Å². The van der Waals surface area contributed by atoms with E-state index in [1.165, 1.54) is 183 Å². The fourth-order valence-corrected chi connectivity index (χ4v) is 24.0. The Labute approximate surface area is 851 Å². The summed E-state index contributed by atoms with van der Waals surface area (Å²) in [6, 6.07) is 190. The minimum atomic E-state index is -0.403. The Morgan fingerprint density at radius 2 is 0.537 bits per heavy atom. The standard InChI is InChI=1S/C52H37N.C45H28N4O.C42H28N2/c1-51(2)43-21-10-6-17-38(43)41-32-31-37(33-48(41)51)53(36-29-27-35(28-30-36)34-15-4-3-5-16-34)49-26-14-25-47-50(49)42-20-9-13-24-46(42)52(47)44-22-11-7-18-39(44)40-19-8-12-23-45(40)52;1-4-13-29(14-5-1)43-46-44(30-15-6-2-7-16-30)48-45(47-43)35-20-12-22-41-42(35)37-28-32(24-26-40(37)50-41)31-23-25-39-36(27-31)34-19-10-11-21-38(34)49(39)33-17-8-3-9-18-33;1-3-11-29(12-4-1)30-19-23-34(24-20-30)44-40-18-10-8-16-36(40)38-28-32(22-26-42(38)44)31-21-25-41-37(27-31)35-15-7-9-17-39(35)43(41)33-13-5-2-6-14-33/h3-33H,1-2H3;1-28H;1-28H. The second-order valence-corrected chi connectivity index (χ2v) is 39.1. The van der Waals surface area contributed by atoms with Crippen molar-refractivity contribution in [3.05, 3.63) is 561 Å². The van der Waals surface area contributed by atoms with Crippen LogP contribution in [0.4, 0.5) is 17.1 Å². The van der Waals surface area contributed by atoms with Gasteiger partial charge in [0.15, 0.2) is 17.5 Å². The zero-order valence-corrected chi connectivity index (χ0v) is 80.8. The third-order valence-corrected chi connectivity index (χ3v) is 30.7. The van der Waals surface area contributed by atoms with E-state index in [0.29, 0.717) is 17.5 Å². The van der Waals surface area contributed by atoms with E-state index in [9.17, 15) is 0 Å². The van der Waals surface area contributed by atoms with Gasteiger partial charge >= 0.3 is 0 Å². The molecule has 690 valence electrons. The Bertz CT molecular complexity index is 9770. The quantitative estimate of drug-likeness (QED) is 0.115. The molecule has 8 nitrogen and oxygen atoms in total. The molecule has 0 amide bonds. The molecule has 27 aromatic rings. The average Bonchev–Trinajstić information content (AvgIpc) is 1.50. The highest BCUT2D eigenvalue weighted by molar-refractivity contribution is 6.16. The van der Waals surface area contributed by atoms with Gasteiger partial charge in [-0.25, -0.2) is 15.0 Å². The van der Waals surface area contributed by atoms with Crippen molar-refractivity contribution in [2.75, 3.05) is 4.90 Å². The number of fused-ring (bicyclic) bond motifs is 25. The molecule has 3 aliphatic carbocycles. The molecule has 0 radical (unpaired) electrons. The maximum atomic E-state index is 6.44. The van der Waals surface area contributed by atoms with Gasteiger partial charge in [-0.05, 0) is 245 Å². The average molecular weight is 1880 g/mol. The summed E-state index contributed by atoms with van der Waals surface area (Å²) in [6.07, 6.45) is 0. The van der Waals surface area contributed by atoms with E-state index in [4.69, 9.17) is 19.4 Å². The van der Waals surface area contributed by atoms with Gasteiger partial charge in [0.1, 0.15) is 11.2 Å². The van der Waals surface area contributed by atoms with Crippen LogP contribution in [0.2, 0.25) is 0 Å². The predicted molar refractivity (Wildman–Crippen MR) is 610 cm³/mol. The van der Waals surface area contributed by atoms with E-state index in [-0.39, 0.29) is 5.41 Å². The lowest BCUT2D eigenvalue weighted by atomic mass is 9.70. The fraction of sp³-hybridized carbons (Fsp3) is 0.0288. The summed E-state index contributed by atoms with van der Waals surface area (Å²) in [5.41, 5.74) is 43.7. The molecule has 0 N–H and O–H groups in total. The van der Waals surface area contributed by atoms with E-state index in [2.05, 4.69) is 487 Å². The molecule has 0 unspecified atom stereocenters. The van der Waals surface area contributed by atoms with Crippen LogP contribution in [0.5, 0.6) is 0 Å². The second kappa shape index (κ2) is 34.9. The summed E-state index contributed by atoms with van der Waals surface area (Å²) in [6.45, 7) is 4.74. The first-order chi connectivity index (χ1) is 72.7. The molecule has 0 bridgehead atoms. The molecule has 0 saturated carbocycles. The van der Waals surface area contributed by atoms with E-state index in [0.717, 1.165) is 66.8 Å². The third kappa shape index (κ3) is 14.1. The maximum Gasteiger partial charge on any atom is 0.164 e. The summed E-state index contributed by atoms with van der Waals surface area (Å²) in [5.74, 6) is 1.86. The van der Waals surface area contributed by atoms with Crippen molar-refractivity contribution >= 4 is 104 Å². The smallest absolute Gasteiger partial charge is 0.164 e. The number of benzene rings is 22. The predicted octanol–water partition coefficient (Wildman–Crippen LogP) is 36.2. The van der Waals surface area contributed by atoms with Gasteiger partial charge < -0.3 is 23.0 Å². The molecule has 1 spiro atoms. The first kappa shape index (κ1) is 85.8. The van der Waals surface area contributed by atoms with Gasteiger partial charge in [-0.1, -0.05) is 402 Å². The van der Waals surface area contributed by atoms with Crippen LogP contribution in [-0.4, -0.2) is 28.7 Å². The van der Waals surface area contributed by atoms with E-state index < -0.39 is 5.41 Å². The number of furan rings is 1. The number of nitrogens with zero attached hydrogens (tertiary/aromatic N) is 7. The monoisotopic (exact) mass is 1880 g/mol. The van der Waals surface area contributed by atoms with Gasteiger partial charge in [-0.2, -0.15) is 0 Å². The van der Waals surface area contributed by atoms with Gasteiger partial charge in [-0.3, -0.25) is 0 Å². The summed E-state index contributed by atoms with van der Waals surface area (Å²) in [4.78, 5) is 17.5. The molecule has 0 fully saturated rings. The Hall–Kier alpha value is -19.2. The van der Waals surface area contributed by atoms with Gasteiger partial charge in [-0.15, -0.1) is 0 Å². The number of para-hydroxylation sites is 5. The summed E-state index contributed by atoms with van der Waals surface area (Å²) < 4.78 is 13.5. The van der Waals surface area contributed by atoms with E-state index in [1.54, 1.807) is 0 Å². The van der Waals surface area contributed by atoms with Crippen LogP contribution in [0.15, 0.2) is 532 Å². The van der Waals surface area contributed by atoms with Crippen molar-refractivity contribution in [1.82, 2.24) is 28.7 Å². The van der Waals surface area contributed by atoms with Crippen LogP contribution in [0.1, 0.15) is 47.2 Å². The third-order valence-electron chi connectivity index (χ3n) is 30.7. The maximum absolute atomic E-state index is 6.44. The molecule has 3 aliphatic rings. The van der Waals surface area contributed by atoms with Crippen LogP contribution in [0.3, 0.4) is 0 Å². The number of hydrogen-bond donors (Lipinski definition) is 0. The zero-order chi connectivity index (χ0) is 97.4. The molecule has 147 heavy (non-hydrogen) atoms. The van der Waals surface area contributed by atoms with Gasteiger partial charge in [0.25, 0.3) is 0 Å². The van der Waals surface area contributed by atoms with Crippen LogP contribution in [-0.2, 0) is 10.8 Å². The summed E-state index contributed by atoms with van der Waals surface area (Å²) in [7, 11) is 0. The van der Waals surface area contributed by atoms with Crippen LogP contribution in [0.25, 0.3) is 216 Å². The van der Waals surface area contributed by atoms with Crippen LogP contribution >= 0.6 is 0 Å². The number of anilines is 3. The van der Waals surface area contributed by atoms with Gasteiger partial charge in [0, 0.05) is 99.2 Å². The van der Waals surface area contributed by atoms with Crippen molar-refractivity contribution in [3.8, 4) is 129 Å². The highest BCUT2D eigenvalue weighted by Gasteiger charge is 2.53. The molecular formula is C139H93N7O. The normalized spacial score (nSPS) is 12.7. The second-order valence-electron chi connectivity index (χ2n) is 39.1. The Balaban J connectivity index is 0.000000107. The minimum absolute atomic E-state index is 0.114. The van der Waals surface area contributed by atoms with Crippen molar-refractivity contribution in [2.45, 2.75) is 24.7 Å². The fourth-order valence-electron chi connectivity index (χ4n) is 24.0. The lowest BCUT2D eigenvalue weighted by Gasteiger charge is -2.32. The number of aromatic nitrogens is 6. The van der Waals surface area contributed by atoms with Gasteiger partial charge in [0.05, 0.1) is 44.2 Å². The highest BCUT2D eigenvalue weighted by Crippen LogP contribution is 2.65. The number of hydrogen-bond acceptors (Lipinski definition) is 5. The van der Waals surface area contributed by atoms with E-state index >= 15 is 0 Å². The molecule has 5 aromatic heterocycles. The zero-order valence-electron chi connectivity index (χ0n) is 80.8. The highest BCUT2D eigenvalue weighted by atomic mass is 16.3. The van der Waals surface area contributed by atoms with Crippen molar-refractivity contribution < 1.29 is 4.42 Å². The molecule has 5 heterocycles. The molecule has 30 rings (SSSR count). The summed E-state index contributed by atoms with van der Waals surface area (Å²) in [5, 5.41) is 9.50. The molecular weight excluding hydrogens is 1780 g/mol. The first-order valence-electron chi connectivity index (χ1n) is 50.5. The van der Waals surface area contributed by atoms with Crippen LogP contribution < -0.4 is 4.90 Å². The van der Waals surface area contributed by atoms with Gasteiger partial charge in [0.2, 0.25) is 0 Å². The molecule has 0 atom stereocenters. The molecule has 0 saturated heterocycles.